The van der Waals surface area contributed by atoms with Crippen LogP contribution in [0.5, 0.6) is 0 Å². The van der Waals surface area contributed by atoms with Crippen molar-refractivity contribution in [1.29, 1.82) is 0 Å². The summed E-state index contributed by atoms with van der Waals surface area (Å²) < 4.78 is 7.78. The number of carbonyl (C=O) groups is 1. The molecule has 0 radical (unpaired) electrons. The summed E-state index contributed by atoms with van der Waals surface area (Å²) in [5.41, 5.74) is 1.02. The van der Waals surface area contributed by atoms with Crippen molar-refractivity contribution in [2.24, 2.45) is 0 Å². The van der Waals surface area contributed by atoms with E-state index in [1.165, 1.54) is 17.2 Å². The van der Waals surface area contributed by atoms with E-state index in [1.54, 1.807) is 23.6 Å². The van der Waals surface area contributed by atoms with Crippen molar-refractivity contribution in [1.82, 2.24) is 34.3 Å². The minimum absolute atomic E-state index is 0.0208. The van der Waals surface area contributed by atoms with Gasteiger partial charge in [0.2, 0.25) is 5.65 Å². The number of nitrogens with zero attached hydrogens (tertiary/aromatic N) is 6. The zero-order valence-corrected chi connectivity index (χ0v) is 13.6. The maximum absolute atomic E-state index is 12.2. The second-order valence-corrected chi connectivity index (χ2v) is 5.44. The minimum Gasteiger partial charge on any atom is -0.460 e. The van der Waals surface area contributed by atoms with E-state index < -0.39 is 11.5 Å². The molecule has 11 heteroatoms. The van der Waals surface area contributed by atoms with E-state index in [1.807, 2.05) is 0 Å². The Morgan fingerprint density at radius 3 is 2.80 bits per heavy atom. The third kappa shape index (κ3) is 2.43. The first-order valence-electron chi connectivity index (χ1n) is 7.23. The average molecular weight is 360 g/mol. The zero-order chi connectivity index (χ0) is 17.6. The molecule has 4 aromatic rings. The van der Waals surface area contributed by atoms with Gasteiger partial charge in [-0.1, -0.05) is 11.6 Å². The Morgan fingerprint density at radius 2 is 2.08 bits per heavy atom. The number of halogens is 1. The Labute approximate surface area is 144 Å². The van der Waals surface area contributed by atoms with Crippen molar-refractivity contribution in [3.63, 3.8) is 0 Å². The van der Waals surface area contributed by atoms with Crippen molar-refractivity contribution in [2.45, 2.75) is 6.92 Å². The summed E-state index contributed by atoms with van der Waals surface area (Å²) in [4.78, 5) is 30.7. The molecule has 0 aliphatic carbocycles. The quantitative estimate of drug-likeness (QED) is 0.541. The fourth-order valence-electron chi connectivity index (χ4n) is 2.44. The highest BCUT2D eigenvalue weighted by Crippen LogP contribution is 2.25. The van der Waals surface area contributed by atoms with Crippen LogP contribution in [0.4, 0.5) is 0 Å². The Bertz CT molecular complexity index is 1160. The van der Waals surface area contributed by atoms with Gasteiger partial charge in [-0.25, -0.2) is 9.31 Å². The van der Waals surface area contributed by atoms with E-state index in [0.717, 1.165) is 0 Å². The second kappa shape index (κ2) is 5.67. The predicted molar refractivity (Wildman–Crippen MR) is 87.0 cm³/mol. The Balaban J connectivity index is 2.02. The van der Waals surface area contributed by atoms with E-state index in [-0.39, 0.29) is 18.1 Å². The van der Waals surface area contributed by atoms with Gasteiger partial charge in [0.1, 0.15) is 12.7 Å². The fourth-order valence-corrected chi connectivity index (χ4v) is 2.70. The van der Waals surface area contributed by atoms with E-state index in [0.29, 0.717) is 21.7 Å². The number of aromatic nitrogens is 7. The van der Waals surface area contributed by atoms with Crippen LogP contribution >= 0.6 is 11.6 Å². The van der Waals surface area contributed by atoms with E-state index >= 15 is 0 Å². The zero-order valence-electron chi connectivity index (χ0n) is 12.8. The highest BCUT2D eigenvalue weighted by atomic mass is 35.5. The number of ether oxygens (including phenoxy) is 1. The Morgan fingerprint density at radius 1 is 1.32 bits per heavy atom. The maximum Gasteiger partial charge on any atom is 0.378 e. The average Bonchev–Trinajstić information content (AvgIpc) is 3.25. The van der Waals surface area contributed by atoms with Crippen LogP contribution in [-0.4, -0.2) is 46.9 Å². The third-order valence-electron chi connectivity index (χ3n) is 3.51. The van der Waals surface area contributed by atoms with Gasteiger partial charge < -0.3 is 9.72 Å². The van der Waals surface area contributed by atoms with Crippen LogP contribution in [0.25, 0.3) is 22.4 Å². The van der Waals surface area contributed by atoms with Gasteiger partial charge in [-0.3, -0.25) is 9.36 Å². The monoisotopic (exact) mass is 359 g/mol. The van der Waals surface area contributed by atoms with Gasteiger partial charge in [0, 0.05) is 0 Å². The minimum atomic E-state index is -0.702. The topological polar surface area (TPSA) is 120 Å². The molecule has 3 aromatic heterocycles. The van der Waals surface area contributed by atoms with Gasteiger partial charge in [0.15, 0.2) is 0 Å². The number of rotatable bonds is 3. The first-order valence-corrected chi connectivity index (χ1v) is 7.60. The molecule has 0 amide bonds. The molecular formula is C14H10ClN7O3. The number of nitrogens with one attached hydrogen (secondary N) is 1. The van der Waals surface area contributed by atoms with Gasteiger partial charge >= 0.3 is 5.97 Å². The molecule has 126 valence electrons. The largest absolute Gasteiger partial charge is 0.460 e. The lowest BCUT2D eigenvalue weighted by Crippen LogP contribution is -2.11. The van der Waals surface area contributed by atoms with Crippen LogP contribution in [0.2, 0.25) is 5.02 Å². The lowest BCUT2D eigenvalue weighted by atomic mass is 10.2. The Kier molecular flexibility index (Phi) is 3.46. The molecule has 0 spiro atoms. The highest BCUT2D eigenvalue weighted by molar-refractivity contribution is 6.33. The van der Waals surface area contributed by atoms with Crippen LogP contribution in [0, 0.1) is 0 Å². The van der Waals surface area contributed by atoms with Gasteiger partial charge in [-0.2, -0.15) is 4.98 Å². The van der Waals surface area contributed by atoms with E-state index in [2.05, 4.69) is 25.3 Å². The normalized spacial score (nSPS) is 11.3. The standard InChI is InChI=1S/C14H10ClN7O3/c1-2-25-14(24)11-19-12-13(23)18-8-3-7(15)9(21-5-16-17-6-21)4-10(8)22(12)20-11/h3-6H,2H2,1H3,(H,18,23). The fraction of sp³-hybridized carbons (Fsp3) is 0.143. The summed E-state index contributed by atoms with van der Waals surface area (Å²) >= 11 is 6.28. The van der Waals surface area contributed by atoms with Crippen LogP contribution in [0.3, 0.4) is 0 Å². The van der Waals surface area contributed by atoms with Gasteiger partial charge in [0.25, 0.3) is 11.4 Å². The molecule has 1 aromatic carbocycles. The molecule has 0 saturated heterocycles. The number of carbonyl (C=O) groups excluding carboxylic acids is 1. The third-order valence-corrected chi connectivity index (χ3v) is 3.81. The number of fused-ring (bicyclic) bond motifs is 3. The maximum atomic E-state index is 12.2. The number of benzene rings is 1. The molecule has 1 N–H and O–H groups in total. The van der Waals surface area contributed by atoms with Gasteiger partial charge in [-0.15, -0.1) is 15.3 Å². The number of H-pyrrole nitrogens is 1. The molecule has 3 heterocycles. The molecular weight excluding hydrogens is 350 g/mol. The van der Waals surface area contributed by atoms with Gasteiger partial charge in [-0.05, 0) is 19.1 Å². The van der Waals surface area contributed by atoms with Gasteiger partial charge in [0.05, 0.1) is 28.4 Å². The van der Waals surface area contributed by atoms with Crippen LogP contribution < -0.4 is 5.56 Å². The second-order valence-electron chi connectivity index (χ2n) is 5.04. The SMILES string of the molecule is CCOC(=O)c1nc2c(=O)[nH]c3cc(Cl)c(-n4cnnc4)cc3n2n1. The molecule has 0 bridgehead atoms. The number of hydrogen-bond donors (Lipinski definition) is 1. The van der Waals surface area contributed by atoms with Crippen LogP contribution in [0.1, 0.15) is 17.5 Å². The lowest BCUT2D eigenvalue weighted by Gasteiger charge is -2.07. The van der Waals surface area contributed by atoms with Crippen molar-refractivity contribution in [3.8, 4) is 5.69 Å². The van der Waals surface area contributed by atoms with Crippen molar-refractivity contribution < 1.29 is 9.53 Å². The molecule has 0 aliphatic rings. The van der Waals surface area contributed by atoms with Crippen molar-refractivity contribution in [2.75, 3.05) is 6.61 Å². The van der Waals surface area contributed by atoms with E-state index in [4.69, 9.17) is 16.3 Å². The molecule has 4 rings (SSSR count). The molecule has 25 heavy (non-hydrogen) atoms. The summed E-state index contributed by atoms with van der Waals surface area (Å²) in [5, 5.41) is 12.0. The van der Waals surface area contributed by atoms with Crippen LogP contribution in [0.15, 0.2) is 29.6 Å². The molecule has 10 nitrogen and oxygen atoms in total. The first kappa shape index (κ1) is 15.3. The lowest BCUT2D eigenvalue weighted by molar-refractivity contribution is 0.0512. The molecule has 0 unspecified atom stereocenters. The highest BCUT2D eigenvalue weighted by Gasteiger charge is 2.18. The summed E-state index contributed by atoms with van der Waals surface area (Å²) in [6.45, 7) is 1.85. The summed E-state index contributed by atoms with van der Waals surface area (Å²) in [7, 11) is 0. The molecule has 0 atom stereocenters. The smallest absolute Gasteiger partial charge is 0.378 e. The summed E-state index contributed by atoms with van der Waals surface area (Å²) in [5.74, 6) is -0.896. The predicted octanol–water partition coefficient (Wildman–Crippen LogP) is 0.982. The molecule has 0 aliphatic heterocycles. The summed E-state index contributed by atoms with van der Waals surface area (Å²) in [6, 6.07) is 3.27. The molecule has 0 saturated carbocycles. The molecule has 0 fully saturated rings. The number of esters is 1. The number of aromatic amines is 1. The van der Waals surface area contributed by atoms with Crippen molar-refractivity contribution in [3.05, 3.63) is 46.0 Å². The van der Waals surface area contributed by atoms with Crippen LogP contribution in [-0.2, 0) is 4.74 Å². The van der Waals surface area contributed by atoms with E-state index in [9.17, 15) is 9.59 Å². The first-order chi connectivity index (χ1) is 12.1. The number of hydrogen-bond acceptors (Lipinski definition) is 7. The summed E-state index contributed by atoms with van der Waals surface area (Å²) in [6.07, 6.45) is 2.97. The van der Waals surface area contributed by atoms with Crippen molar-refractivity contribution >= 4 is 34.3 Å². The Hall–Kier alpha value is -3.27.